The molecule has 3 nitrogen and oxygen atoms in total. The highest BCUT2D eigenvalue weighted by molar-refractivity contribution is 7.99. The van der Waals surface area contributed by atoms with Crippen molar-refractivity contribution in [3.05, 3.63) is 0 Å². The Balaban J connectivity index is 4.04. The molecule has 1 atom stereocenters. The van der Waals surface area contributed by atoms with Crippen LogP contribution in [0.3, 0.4) is 0 Å². The van der Waals surface area contributed by atoms with Gasteiger partial charge in [0.15, 0.2) is 0 Å². The summed E-state index contributed by atoms with van der Waals surface area (Å²) in [6.45, 7) is 10.7. The van der Waals surface area contributed by atoms with E-state index in [0.717, 1.165) is 12.2 Å². The van der Waals surface area contributed by atoms with Gasteiger partial charge in [0.1, 0.15) is 6.04 Å². The molecule has 0 saturated heterocycles. The molecule has 96 valence electrons. The summed E-state index contributed by atoms with van der Waals surface area (Å²) in [6, 6.07) is 0.143. The zero-order chi connectivity index (χ0) is 12.6. The average molecular weight is 247 g/mol. The van der Waals surface area contributed by atoms with Gasteiger partial charge in [-0.3, -0.25) is 4.79 Å². The van der Waals surface area contributed by atoms with Crippen molar-refractivity contribution in [2.75, 3.05) is 12.4 Å². The van der Waals surface area contributed by atoms with Gasteiger partial charge in [0.05, 0.1) is 6.61 Å². The standard InChI is InChI=1S/C12H25NO2S/c1-6-15-12(14)11(13-9(2)3)7-8-16-10(4)5/h9-11,13H,6-8H2,1-5H3. The third-order valence-electron chi connectivity index (χ3n) is 1.96. The first-order chi connectivity index (χ1) is 7.47. The average Bonchev–Trinajstić information content (AvgIpc) is 2.15. The van der Waals surface area contributed by atoms with Crippen molar-refractivity contribution in [3.63, 3.8) is 0 Å². The van der Waals surface area contributed by atoms with E-state index >= 15 is 0 Å². The van der Waals surface area contributed by atoms with Crippen LogP contribution < -0.4 is 5.32 Å². The summed E-state index contributed by atoms with van der Waals surface area (Å²) < 4.78 is 5.05. The monoisotopic (exact) mass is 247 g/mol. The van der Waals surface area contributed by atoms with E-state index in [2.05, 4.69) is 19.2 Å². The van der Waals surface area contributed by atoms with Gasteiger partial charge >= 0.3 is 5.97 Å². The van der Waals surface area contributed by atoms with Crippen molar-refractivity contribution in [1.29, 1.82) is 0 Å². The highest BCUT2D eigenvalue weighted by Gasteiger charge is 2.19. The van der Waals surface area contributed by atoms with E-state index in [-0.39, 0.29) is 12.0 Å². The Bertz CT molecular complexity index is 195. The lowest BCUT2D eigenvalue weighted by Crippen LogP contribution is -2.42. The topological polar surface area (TPSA) is 38.3 Å². The summed E-state index contributed by atoms with van der Waals surface area (Å²) >= 11 is 1.87. The van der Waals surface area contributed by atoms with Crippen LogP contribution in [-0.4, -0.2) is 35.7 Å². The van der Waals surface area contributed by atoms with Gasteiger partial charge in [-0.05, 0) is 24.3 Å². The first kappa shape index (κ1) is 15.8. The van der Waals surface area contributed by atoms with Crippen molar-refractivity contribution in [2.45, 2.75) is 58.4 Å². The summed E-state index contributed by atoms with van der Waals surface area (Å²) in [7, 11) is 0. The predicted molar refractivity (Wildman–Crippen MR) is 70.9 cm³/mol. The number of carbonyl (C=O) groups is 1. The third-order valence-corrected chi connectivity index (χ3v) is 3.10. The van der Waals surface area contributed by atoms with Gasteiger partial charge in [-0.15, -0.1) is 0 Å². The summed E-state index contributed by atoms with van der Waals surface area (Å²) in [4.78, 5) is 11.7. The molecule has 0 aliphatic heterocycles. The zero-order valence-electron chi connectivity index (χ0n) is 11.1. The molecule has 0 aromatic heterocycles. The van der Waals surface area contributed by atoms with Crippen molar-refractivity contribution >= 4 is 17.7 Å². The fraction of sp³-hybridized carbons (Fsp3) is 0.917. The number of carbonyl (C=O) groups excluding carboxylic acids is 1. The fourth-order valence-electron chi connectivity index (χ4n) is 1.34. The van der Waals surface area contributed by atoms with Crippen LogP contribution in [-0.2, 0) is 9.53 Å². The lowest BCUT2D eigenvalue weighted by atomic mass is 10.2. The molecule has 0 rings (SSSR count). The van der Waals surface area contributed by atoms with Crippen molar-refractivity contribution < 1.29 is 9.53 Å². The van der Waals surface area contributed by atoms with E-state index in [4.69, 9.17) is 4.74 Å². The minimum atomic E-state index is -0.161. The van der Waals surface area contributed by atoms with Crippen LogP contribution in [0, 0.1) is 0 Å². The Morgan fingerprint density at radius 1 is 1.31 bits per heavy atom. The van der Waals surface area contributed by atoms with Crippen LogP contribution >= 0.6 is 11.8 Å². The Morgan fingerprint density at radius 3 is 2.38 bits per heavy atom. The molecular formula is C12H25NO2S. The first-order valence-corrected chi connectivity index (χ1v) is 7.06. The molecule has 0 bridgehead atoms. The summed E-state index contributed by atoms with van der Waals surface area (Å²) in [5.41, 5.74) is 0. The first-order valence-electron chi connectivity index (χ1n) is 6.01. The van der Waals surface area contributed by atoms with Gasteiger partial charge in [-0.2, -0.15) is 11.8 Å². The zero-order valence-corrected chi connectivity index (χ0v) is 11.9. The molecule has 1 N–H and O–H groups in total. The summed E-state index contributed by atoms with van der Waals surface area (Å²) in [6.07, 6.45) is 0.833. The van der Waals surface area contributed by atoms with Crippen molar-refractivity contribution in [2.24, 2.45) is 0 Å². The number of hydrogen-bond donors (Lipinski definition) is 1. The number of ether oxygens (including phenoxy) is 1. The molecule has 0 aromatic carbocycles. The molecule has 0 saturated carbocycles. The fourth-order valence-corrected chi connectivity index (χ4v) is 2.18. The maximum Gasteiger partial charge on any atom is 0.323 e. The lowest BCUT2D eigenvalue weighted by molar-refractivity contribution is -0.145. The van der Waals surface area contributed by atoms with Gasteiger partial charge in [-0.1, -0.05) is 27.7 Å². The lowest BCUT2D eigenvalue weighted by Gasteiger charge is -2.19. The summed E-state index contributed by atoms with van der Waals surface area (Å²) in [5.74, 6) is 0.862. The Hall–Kier alpha value is -0.220. The van der Waals surface area contributed by atoms with Gasteiger partial charge < -0.3 is 10.1 Å². The van der Waals surface area contributed by atoms with Gasteiger partial charge in [0.2, 0.25) is 0 Å². The number of thioether (sulfide) groups is 1. The van der Waals surface area contributed by atoms with E-state index in [9.17, 15) is 4.79 Å². The predicted octanol–water partition coefficient (Wildman–Crippen LogP) is 2.45. The second-order valence-corrected chi connectivity index (χ2v) is 6.02. The summed E-state index contributed by atoms with van der Waals surface area (Å²) in [5, 5.41) is 3.86. The van der Waals surface area contributed by atoms with E-state index in [1.165, 1.54) is 0 Å². The highest BCUT2D eigenvalue weighted by Crippen LogP contribution is 2.12. The van der Waals surface area contributed by atoms with Crippen LogP contribution in [0.15, 0.2) is 0 Å². The normalized spacial score (nSPS) is 13.2. The molecule has 4 heteroatoms. The third kappa shape index (κ3) is 7.99. The van der Waals surface area contributed by atoms with E-state index in [1.807, 2.05) is 32.5 Å². The molecular weight excluding hydrogens is 222 g/mol. The largest absolute Gasteiger partial charge is 0.465 e. The second-order valence-electron chi connectivity index (χ2n) is 4.33. The van der Waals surface area contributed by atoms with E-state index < -0.39 is 0 Å². The minimum absolute atomic E-state index is 0.124. The quantitative estimate of drug-likeness (QED) is 0.669. The maximum absolute atomic E-state index is 11.7. The molecule has 16 heavy (non-hydrogen) atoms. The molecule has 0 spiro atoms. The number of nitrogens with one attached hydrogen (secondary N) is 1. The number of esters is 1. The molecule has 0 aromatic rings. The number of rotatable bonds is 8. The van der Waals surface area contributed by atoms with Gasteiger partial charge in [0.25, 0.3) is 0 Å². The molecule has 0 heterocycles. The van der Waals surface area contributed by atoms with E-state index in [1.54, 1.807) is 0 Å². The SMILES string of the molecule is CCOC(=O)C(CCSC(C)C)NC(C)C. The van der Waals surface area contributed by atoms with Crippen LogP contribution in [0.25, 0.3) is 0 Å². The number of hydrogen-bond acceptors (Lipinski definition) is 4. The molecule has 1 unspecified atom stereocenters. The molecule has 0 aliphatic rings. The molecule has 0 fully saturated rings. The van der Waals surface area contributed by atoms with Crippen LogP contribution in [0.2, 0.25) is 0 Å². The minimum Gasteiger partial charge on any atom is -0.465 e. The Morgan fingerprint density at radius 2 is 1.94 bits per heavy atom. The van der Waals surface area contributed by atoms with Crippen molar-refractivity contribution in [1.82, 2.24) is 5.32 Å². The molecule has 0 aliphatic carbocycles. The van der Waals surface area contributed by atoms with E-state index in [0.29, 0.717) is 17.9 Å². The maximum atomic E-state index is 11.7. The Kier molecular flexibility index (Phi) is 8.76. The molecule has 0 amide bonds. The smallest absolute Gasteiger partial charge is 0.323 e. The van der Waals surface area contributed by atoms with Crippen LogP contribution in [0.1, 0.15) is 41.0 Å². The highest BCUT2D eigenvalue weighted by atomic mass is 32.2. The van der Waals surface area contributed by atoms with Gasteiger partial charge in [0, 0.05) is 6.04 Å². The molecule has 0 radical (unpaired) electrons. The van der Waals surface area contributed by atoms with Crippen LogP contribution in [0.5, 0.6) is 0 Å². The van der Waals surface area contributed by atoms with Crippen LogP contribution in [0.4, 0.5) is 0 Å². The van der Waals surface area contributed by atoms with Crippen molar-refractivity contribution in [3.8, 4) is 0 Å². The van der Waals surface area contributed by atoms with Gasteiger partial charge in [-0.25, -0.2) is 0 Å². The second kappa shape index (κ2) is 8.88. The Labute approximate surface area is 104 Å².